The van der Waals surface area contributed by atoms with Gasteiger partial charge in [-0.25, -0.2) is 14.4 Å². The van der Waals surface area contributed by atoms with Gasteiger partial charge in [-0.15, -0.1) is 0 Å². The lowest BCUT2D eigenvalue weighted by Crippen LogP contribution is -2.14. The summed E-state index contributed by atoms with van der Waals surface area (Å²) < 4.78 is 0. The van der Waals surface area contributed by atoms with Crippen LogP contribution in [-0.2, 0) is 0 Å². The standard InChI is InChI=1S/C9H6O6.C9H12/c10-7(11)4-2-1-3-5(8(12)13)6(4)9(14)15;1-7-4-8(2)6-9(3)5-7/h1-3H,(H,10,11)(H,12,13)(H,14,15);4-6H,1-3H3. The van der Waals surface area contributed by atoms with Gasteiger partial charge in [0.1, 0.15) is 0 Å². The van der Waals surface area contributed by atoms with Crippen molar-refractivity contribution in [2.24, 2.45) is 0 Å². The van der Waals surface area contributed by atoms with Crippen LogP contribution in [0, 0.1) is 20.8 Å². The minimum atomic E-state index is -1.58. The molecular weight excluding hydrogens is 312 g/mol. The molecule has 0 unspecified atom stereocenters. The van der Waals surface area contributed by atoms with Crippen LogP contribution in [0.3, 0.4) is 0 Å². The second kappa shape index (κ2) is 7.92. The Labute approximate surface area is 139 Å². The van der Waals surface area contributed by atoms with Crippen molar-refractivity contribution in [3.05, 3.63) is 69.8 Å². The van der Waals surface area contributed by atoms with Crippen LogP contribution in [0.4, 0.5) is 0 Å². The van der Waals surface area contributed by atoms with E-state index in [0.29, 0.717) is 0 Å². The number of carboxylic acid groups (broad SMARTS) is 3. The SMILES string of the molecule is Cc1cc(C)cc(C)c1.O=C(O)c1cccc(C(=O)O)c1C(=O)O. The largest absolute Gasteiger partial charge is 0.478 e. The molecule has 2 aromatic rings. The molecule has 2 aromatic carbocycles. The molecule has 0 aliphatic heterocycles. The van der Waals surface area contributed by atoms with E-state index >= 15 is 0 Å². The third-order valence-electron chi connectivity index (χ3n) is 3.11. The predicted molar refractivity (Wildman–Crippen MR) is 88.0 cm³/mol. The van der Waals surface area contributed by atoms with Crippen molar-refractivity contribution < 1.29 is 29.7 Å². The van der Waals surface area contributed by atoms with E-state index in [2.05, 4.69) is 39.0 Å². The summed E-state index contributed by atoms with van der Waals surface area (Å²) in [6.45, 7) is 6.38. The Kier molecular flexibility index (Phi) is 6.23. The van der Waals surface area contributed by atoms with Crippen molar-refractivity contribution in [3.63, 3.8) is 0 Å². The fourth-order valence-corrected chi connectivity index (χ4v) is 2.34. The summed E-state index contributed by atoms with van der Waals surface area (Å²) in [4.78, 5) is 32.0. The van der Waals surface area contributed by atoms with E-state index in [1.807, 2.05) is 0 Å². The molecule has 3 N–H and O–H groups in total. The van der Waals surface area contributed by atoms with Gasteiger partial charge in [0, 0.05) is 0 Å². The normalized spacial score (nSPS) is 9.62. The summed E-state index contributed by atoms with van der Waals surface area (Å²) in [5.41, 5.74) is 2.27. The predicted octanol–water partition coefficient (Wildman–Crippen LogP) is 3.39. The molecule has 24 heavy (non-hydrogen) atoms. The fourth-order valence-electron chi connectivity index (χ4n) is 2.34. The number of rotatable bonds is 3. The first-order chi connectivity index (χ1) is 11.1. The molecule has 0 saturated heterocycles. The first kappa shape index (κ1) is 18.9. The highest BCUT2D eigenvalue weighted by atomic mass is 16.4. The molecule has 0 aromatic heterocycles. The van der Waals surface area contributed by atoms with Gasteiger partial charge in [-0.3, -0.25) is 0 Å². The van der Waals surface area contributed by atoms with Crippen molar-refractivity contribution in [1.82, 2.24) is 0 Å². The van der Waals surface area contributed by atoms with E-state index < -0.39 is 34.6 Å². The summed E-state index contributed by atoms with van der Waals surface area (Å²) in [6, 6.07) is 9.82. The molecule has 2 rings (SSSR count). The van der Waals surface area contributed by atoms with Crippen LogP contribution in [-0.4, -0.2) is 33.2 Å². The molecule has 0 bridgehead atoms. The number of hydrogen-bond donors (Lipinski definition) is 3. The molecule has 0 spiro atoms. The average molecular weight is 330 g/mol. The van der Waals surface area contributed by atoms with Crippen LogP contribution in [0.5, 0.6) is 0 Å². The highest BCUT2D eigenvalue weighted by Gasteiger charge is 2.22. The Morgan fingerprint density at radius 3 is 1.25 bits per heavy atom. The summed E-state index contributed by atoms with van der Waals surface area (Å²) in [6.07, 6.45) is 0. The van der Waals surface area contributed by atoms with E-state index in [1.54, 1.807) is 0 Å². The van der Waals surface area contributed by atoms with E-state index in [4.69, 9.17) is 15.3 Å². The summed E-state index contributed by atoms with van der Waals surface area (Å²) in [5, 5.41) is 26.0. The van der Waals surface area contributed by atoms with Crippen molar-refractivity contribution in [3.8, 4) is 0 Å². The van der Waals surface area contributed by atoms with Gasteiger partial charge in [-0.05, 0) is 32.9 Å². The monoisotopic (exact) mass is 330 g/mol. The van der Waals surface area contributed by atoms with Gasteiger partial charge in [-0.1, -0.05) is 41.0 Å². The van der Waals surface area contributed by atoms with Gasteiger partial charge in [-0.2, -0.15) is 0 Å². The molecule has 0 fully saturated rings. The van der Waals surface area contributed by atoms with Crippen molar-refractivity contribution in [2.75, 3.05) is 0 Å². The molecule has 0 aliphatic carbocycles. The van der Waals surface area contributed by atoms with Gasteiger partial charge in [0.25, 0.3) is 0 Å². The average Bonchev–Trinajstić information content (AvgIpc) is 2.45. The Hall–Kier alpha value is -3.15. The van der Waals surface area contributed by atoms with Gasteiger partial charge in [0.05, 0.1) is 16.7 Å². The number of hydrogen-bond acceptors (Lipinski definition) is 3. The maximum absolute atomic E-state index is 10.7. The lowest BCUT2D eigenvalue weighted by atomic mass is 10.0. The Bertz CT molecular complexity index is 709. The number of aromatic carboxylic acids is 3. The van der Waals surface area contributed by atoms with Crippen molar-refractivity contribution in [2.45, 2.75) is 20.8 Å². The van der Waals surface area contributed by atoms with Crippen LogP contribution in [0.25, 0.3) is 0 Å². The van der Waals surface area contributed by atoms with E-state index in [-0.39, 0.29) is 0 Å². The fraction of sp³-hybridized carbons (Fsp3) is 0.167. The zero-order valence-electron chi connectivity index (χ0n) is 13.5. The molecule has 0 atom stereocenters. The van der Waals surface area contributed by atoms with Gasteiger partial charge >= 0.3 is 17.9 Å². The van der Waals surface area contributed by atoms with Crippen LogP contribution in [0.1, 0.15) is 47.8 Å². The van der Waals surface area contributed by atoms with E-state index in [9.17, 15) is 14.4 Å². The van der Waals surface area contributed by atoms with Crippen LogP contribution in [0.2, 0.25) is 0 Å². The molecule has 0 heterocycles. The number of carboxylic acids is 3. The zero-order chi connectivity index (χ0) is 18.4. The zero-order valence-corrected chi connectivity index (χ0v) is 13.5. The maximum atomic E-state index is 10.7. The van der Waals surface area contributed by atoms with Gasteiger partial charge in [0.2, 0.25) is 0 Å². The summed E-state index contributed by atoms with van der Waals surface area (Å²) in [7, 11) is 0. The maximum Gasteiger partial charge on any atom is 0.337 e. The molecule has 6 nitrogen and oxygen atoms in total. The highest BCUT2D eigenvalue weighted by molar-refractivity contribution is 6.09. The number of aryl methyl sites for hydroxylation is 3. The second-order valence-electron chi connectivity index (χ2n) is 5.31. The van der Waals surface area contributed by atoms with Crippen LogP contribution < -0.4 is 0 Å². The molecule has 0 aliphatic rings. The Morgan fingerprint density at radius 1 is 0.667 bits per heavy atom. The third kappa shape index (κ3) is 4.95. The molecule has 0 radical (unpaired) electrons. The first-order valence-electron chi connectivity index (χ1n) is 7.01. The van der Waals surface area contributed by atoms with Crippen LogP contribution >= 0.6 is 0 Å². The van der Waals surface area contributed by atoms with Gasteiger partial charge in [0.15, 0.2) is 0 Å². The van der Waals surface area contributed by atoms with Gasteiger partial charge < -0.3 is 15.3 Å². The Balaban J connectivity index is 0.000000272. The Morgan fingerprint density at radius 2 is 1.00 bits per heavy atom. The lowest BCUT2D eigenvalue weighted by Gasteiger charge is -2.04. The molecule has 0 saturated carbocycles. The first-order valence-corrected chi connectivity index (χ1v) is 7.01. The minimum Gasteiger partial charge on any atom is -0.478 e. The number of carbonyl (C=O) groups is 3. The summed E-state index contributed by atoms with van der Waals surface area (Å²) >= 11 is 0. The van der Waals surface area contributed by atoms with Crippen LogP contribution in [0.15, 0.2) is 36.4 Å². The smallest absolute Gasteiger partial charge is 0.337 e. The minimum absolute atomic E-state index is 0.539. The summed E-state index contributed by atoms with van der Waals surface area (Å²) in [5.74, 6) is -4.53. The topological polar surface area (TPSA) is 112 Å². The quantitative estimate of drug-likeness (QED) is 0.795. The molecule has 0 amide bonds. The second-order valence-corrected chi connectivity index (χ2v) is 5.31. The number of benzene rings is 2. The van der Waals surface area contributed by atoms with Crippen molar-refractivity contribution in [1.29, 1.82) is 0 Å². The lowest BCUT2D eigenvalue weighted by molar-refractivity contribution is 0.0633. The van der Waals surface area contributed by atoms with Crippen molar-refractivity contribution >= 4 is 17.9 Å². The van der Waals surface area contributed by atoms with E-state index in [1.165, 1.54) is 22.8 Å². The molecule has 126 valence electrons. The third-order valence-corrected chi connectivity index (χ3v) is 3.11. The highest BCUT2D eigenvalue weighted by Crippen LogP contribution is 2.15. The molecular formula is C18H18O6. The molecule has 6 heteroatoms. The van der Waals surface area contributed by atoms with E-state index in [0.717, 1.165) is 12.1 Å².